The molecule has 0 unspecified atom stereocenters. The second-order valence-electron chi connectivity index (χ2n) is 6.72. The molecule has 0 saturated carbocycles. The third-order valence-electron chi connectivity index (χ3n) is 4.09. The molecule has 142 valence electrons. The minimum absolute atomic E-state index is 0.203. The smallest absolute Gasteiger partial charge is 0.191 e. The van der Waals surface area contributed by atoms with Crippen LogP contribution in [0.1, 0.15) is 31.9 Å². The van der Waals surface area contributed by atoms with Crippen LogP contribution in [-0.4, -0.2) is 52.1 Å². The predicted octanol–water partition coefficient (Wildman–Crippen LogP) is 1.92. The van der Waals surface area contributed by atoms with Gasteiger partial charge in [0.15, 0.2) is 15.8 Å². The molecule has 0 aromatic heterocycles. The van der Waals surface area contributed by atoms with E-state index in [9.17, 15) is 8.42 Å². The zero-order valence-electron chi connectivity index (χ0n) is 16.1. The van der Waals surface area contributed by atoms with E-state index in [2.05, 4.69) is 28.6 Å². The van der Waals surface area contributed by atoms with E-state index < -0.39 is 14.6 Å². The third-order valence-corrected chi connectivity index (χ3v) is 6.23. The van der Waals surface area contributed by atoms with Gasteiger partial charge < -0.3 is 15.4 Å². The molecule has 1 aromatic carbocycles. The van der Waals surface area contributed by atoms with Crippen molar-refractivity contribution < 1.29 is 13.2 Å². The Morgan fingerprint density at radius 1 is 1.28 bits per heavy atom. The van der Waals surface area contributed by atoms with Crippen molar-refractivity contribution in [2.45, 2.75) is 38.9 Å². The van der Waals surface area contributed by atoms with Gasteiger partial charge in [-0.2, -0.15) is 0 Å². The first-order valence-electron chi connectivity index (χ1n) is 8.46. The summed E-state index contributed by atoms with van der Waals surface area (Å²) in [5, 5.41) is 6.40. The number of hydrogen-bond donors (Lipinski definition) is 2. The van der Waals surface area contributed by atoms with Crippen molar-refractivity contribution in [1.29, 1.82) is 0 Å². The summed E-state index contributed by atoms with van der Waals surface area (Å²) in [6.07, 6.45) is 2.03. The maximum absolute atomic E-state index is 11.8. The molecule has 1 rings (SSSR count). The molecule has 0 bridgehead atoms. The van der Waals surface area contributed by atoms with Gasteiger partial charge in [0.25, 0.3) is 0 Å². The zero-order chi connectivity index (χ0) is 19.1. The highest BCUT2D eigenvalue weighted by atomic mass is 32.2. The SMILES string of the molecule is CCNC(=NCC(C)(C)S(C)(=O)=O)NCCc1cc(C)ccc1OC. The lowest BCUT2D eigenvalue weighted by molar-refractivity contribution is 0.409. The molecule has 7 heteroatoms. The summed E-state index contributed by atoms with van der Waals surface area (Å²) in [6, 6.07) is 6.10. The minimum Gasteiger partial charge on any atom is -0.496 e. The fourth-order valence-corrected chi connectivity index (χ4v) is 2.45. The molecule has 6 nitrogen and oxygen atoms in total. The lowest BCUT2D eigenvalue weighted by atomic mass is 10.1. The molecule has 1 aromatic rings. The van der Waals surface area contributed by atoms with E-state index in [1.54, 1.807) is 21.0 Å². The van der Waals surface area contributed by atoms with Crippen LogP contribution in [0.3, 0.4) is 0 Å². The van der Waals surface area contributed by atoms with Crippen molar-refractivity contribution >= 4 is 15.8 Å². The Morgan fingerprint density at radius 3 is 2.52 bits per heavy atom. The Labute approximate surface area is 152 Å². The van der Waals surface area contributed by atoms with Crippen LogP contribution in [-0.2, 0) is 16.3 Å². The fraction of sp³-hybridized carbons (Fsp3) is 0.611. The number of nitrogens with zero attached hydrogens (tertiary/aromatic N) is 1. The van der Waals surface area contributed by atoms with E-state index in [1.165, 1.54) is 11.8 Å². The van der Waals surface area contributed by atoms with E-state index in [0.717, 1.165) is 17.7 Å². The summed E-state index contributed by atoms with van der Waals surface area (Å²) < 4.78 is 28.1. The lowest BCUT2D eigenvalue weighted by Gasteiger charge is -2.21. The number of ether oxygens (including phenoxy) is 1. The van der Waals surface area contributed by atoms with Crippen molar-refractivity contribution in [2.24, 2.45) is 4.99 Å². The van der Waals surface area contributed by atoms with Crippen molar-refractivity contribution in [3.8, 4) is 5.75 Å². The fourth-order valence-electron chi connectivity index (χ4n) is 2.15. The molecular weight excluding hydrogens is 338 g/mol. The van der Waals surface area contributed by atoms with E-state index in [-0.39, 0.29) is 6.54 Å². The number of methoxy groups -OCH3 is 1. The van der Waals surface area contributed by atoms with E-state index in [4.69, 9.17) is 4.74 Å². The van der Waals surface area contributed by atoms with Crippen LogP contribution >= 0.6 is 0 Å². The van der Waals surface area contributed by atoms with Crippen LogP contribution in [0.15, 0.2) is 23.2 Å². The first-order chi connectivity index (χ1) is 11.6. The molecule has 0 radical (unpaired) electrons. The highest BCUT2D eigenvalue weighted by Gasteiger charge is 2.29. The maximum Gasteiger partial charge on any atom is 0.191 e. The first-order valence-corrected chi connectivity index (χ1v) is 10.3. The van der Waals surface area contributed by atoms with Crippen molar-refractivity contribution in [1.82, 2.24) is 10.6 Å². The Morgan fingerprint density at radius 2 is 1.96 bits per heavy atom. The normalized spacial score (nSPS) is 12.8. The molecule has 0 fully saturated rings. The Kier molecular flexibility index (Phi) is 7.73. The number of sulfone groups is 1. The Hall–Kier alpha value is -1.76. The zero-order valence-corrected chi connectivity index (χ0v) is 17.0. The summed E-state index contributed by atoms with van der Waals surface area (Å²) in [7, 11) is -1.50. The number of hydrogen-bond acceptors (Lipinski definition) is 4. The van der Waals surface area contributed by atoms with Crippen LogP contribution < -0.4 is 15.4 Å². The highest BCUT2D eigenvalue weighted by Crippen LogP contribution is 2.19. The summed E-state index contributed by atoms with van der Waals surface area (Å²) >= 11 is 0. The van der Waals surface area contributed by atoms with Crippen molar-refractivity contribution in [3.05, 3.63) is 29.3 Å². The predicted molar refractivity (Wildman–Crippen MR) is 104 cm³/mol. The van der Waals surface area contributed by atoms with Gasteiger partial charge in [-0.1, -0.05) is 17.7 Å². The van der Waals surface area contributed by atoms with Gasteiger partial charge in [-0.25, -0.2) is 8.42 Å². The molecule has 0 atom stereocenters. The van der Waals surface area contributed by atoms with Gasteiger partial charge in [0, 0.05) is 19.3 Å². The average Bonchev–Trinajstić information content (AvgIpc) is 2.52. The largest absolute Gasteiger partial charge is 0.496 e. The molecule has 25 heavy (non-hydrogen) atoms. The molecule has 0 amide bonds. The number of rotatable bonds is 8. The summed E-state index contributed by atoms with van der Waals surface area (Å²) in [4.78, 5) is 4.43. The average molecular weight is 370 g/mol. The quantitative estimate of drug-likeness (QED) is 0.541. The molecule has 2 N–H and O–H groups in total. The van der Waals surface area contributed by atoms with Crippen LogP contribution in [0.25, 0.3) is 0 Å². The molecule has 0 spiro atoms. The van der Waals surface area contributed by atoms with Crippen LogP contribution in [0.2, 0.25) is 0 Å². The minimum atomic E-state index is -3.17. The van der Waals surface area contributed by atoms with Crippen molar-refractivity contribution in [3.63, 3.8) is 0 Å². The van der Waals surface area contributed by atoms with E-state index >= 15 is 0 Å². The molecule has 0 saturated heterocycles. The van der Waals surface area contributed by atoms with Gasteiger partial charge in [-0.3, -0.25) is 4.99 Å². The second kappa shape index (κ2) is 9.08. The highest BCUT2D eigenvalue weighted by molar-refractivity contribution is 7.92. The summed E-state index contributed by atoms with van der Waals surface area (Å²) in [5.74, 6) is 1.48. The molecule has 0 aliphatic heterocycles. The number of aryl methyl sites for hydroxylation is 1. The Bertz CT molecular complexity index is 698. The lowest BCUT2D eigenvalue weighted by Crippen LogP contribution is -2.41. The van der Waals surface area contributed by atoms with Crippen LogP contribution in [0, 0.1) is 6.92 Å². The molecule has 0 aliphatic carbocycles. The number of aliphatic imine (C=N–C) groups is 1. The van der Waals surface area contributed by atoms with Crippen LogP contribution in [0.4, 0.5) is 0 Å². The maximum atomic E-state index is 11.8. The topological polar surface area (TPSA) is 79.8 Å². The summed E-state index contributed by atoms with van der Waals surface area (Å²) in [5.41, 5.74) is 2.31. The van der Waals surface area contributed by atoms with Crippen molar-refractivity contribution in [2.75, 3.05) is 33.0 Å². The van der Waals surface area contributed by atoms with Gasteiger partial charge in [-0.05, 0) is 45.7 Å². The third kappa shape index (κ3) is 6.57. The molecule has 0 aliphatic rings. The van der Waals surface area contributed by atoms with E-state index in [0.29, 0.717) is 19.0 Å². The van der Waals surface area contributed by atoms with Crippen LogP contribution in [0.5, 0.6) is 5.75 Å². The Balaban J connectivity index is 2.73. The number of nitrogens with one attached hydrogen (secondary N) is 2. The van der Waals surface area contributed by atoms with Gasteiger partial charge in [0.1, 0.15) is 5.75 Å². The summed E-state index contributed by atoms with van der Waals surface area (Å²) in [6.45, 7) is 8.98. The molecular formula is C18H31N3O3S. The number of benzene rings is 1. The van der Waals surface area contributed by atoms with Gasteiger partial charge in [-0.15, -0.1) is 0 Å². The van der Waals surface area contributed by atoms with Gasteiger partial charge in [0.2, 0.25) is 0 Å². The monoisotopic (exact) mass is 369 g/mol. The van der Waals surface area contributed by atoms with Gasteiger partial charge >= 0.3 is 0 Å². The van der Waals surface area contributed by atoms with E-state index in [1.807, 2.05) is 19.1 Å². The standard InChI is InChI=1S/C18H31N3O3S/c1-7-19-17(21-13-18(3,4)25(6,22)23)20-11-10-15-12-14(2)8-9-16(15)24-5/h8-9,12H,7,10-11,13H2,1-6H3,(H2,19,20,21). The second-order valence-corrected chi connectivity index (χ2v) is 9.37. The number of guanidine groups is 1. The first kappa shape index (κ1) is 21.3. The molecule has 0 heterocycles. The van der Waals surface area contributed by atoms with Gasteiger partial charge in [0.05, 0.1) is 18.4 Å².